The Morgan fingerprint density at radius 2 is 2.00 bits per heavy atom. The Bertz CT molecular complexity index is 291. The summed E-state index contributed by atoms with van der Waals surface area (Å²) >= 11 is 0. The zero-order valence-electron chi connectivity index (χ0n) is 7.91. The molecule has 0 saturated heterocycles. The van der Waals surface area contributed by atoms with E-state index < -0.39 is 6.61 Å². The zero-order chi connectivity index (χ0) is 10.6. The van der Waals surface area contributed by atoms with E-state index in [0.717, 1.165) is 0 Å². The van der Waals surface area contributed by atoms with Crippen molar-refractivity contribution in [2.45, 2.75) is 26.0 Å². The van der Waals surface area contributed by atoms with E-state index in [9.17, 15) is 8.78 Å². The fraction of sp³-hybridized carbons (Fsp3) is 0.400. The average Bonchev–Trinajstić information content (AvgIpc) is 2.16. The molecule has 0 radical (unpaired) electrons. The van der Waals surface area contributed by atoms with Crippen LogP contribution in [0.5, 0.6) is 5.75 Å². The lowest BCUT2D eigenvalue weighted by atomic mass is 10.0. The van der Waals surface area contributed by atoms with Crippen molar-refractivity contribution in [1.82, 2.24) is 0 Å². The second kappa shape index (κ2) is 4.91. The molecule has 0 aliphatic carbocycles. The van der Waals surface area contributed by atoms with Crippen molar-refractivity contribution in [3.05, 3.63) is 29.8 Å². The van der Waals surface area contributed by atoms with Crippen molar-refractivity contribution in [1.29, 1.82) is 0 Å². The summed E-state index contributed by atoms with van der Waals surface area (Å²) in [6.07, 6.45) is 0.684. The first-order chi connectivity index (χ1) is 6.65. The van der Waals surface area contributed by atoms with Gasteiger partial charge in [0, 0.05) is 11.6 Å². The van der Waals surface area contributed by atoms with Crippen LogP contribution in [0.15, 0.2) is 24.3 Å². The van der Waals surface area contributed by atoms with Crippen LogP contribution < -0.4 is 10.5 Å². The van der Waals surface area contributed by atoms with Gasteiger partial charge in [-0.3, -0.25) is 0 Å². The molecule has 1 atom stereocenters. The number of halogens is 2. The van der Waals surface area contributed by atoms with Crippen molar-refractivity contribution in [2.24, 2.45) is 5.73 Å². The van der Waals surface area contributed by atoms with Gasteiger partial charge in [0.1, 0.15) is 5.75 Å². The summed E-state index contributed by atoms with van der Waals surface area (Å²) in [7, 11) is 0. The molecule has 78 valence electrons. The van der Waals surface area contributed by atoms with Gasteiger partial charge < -0.3 is 10.5 Å². The lowest BCUT2D eigenvalue weighted by molar-refractivity contribution is -0.0506. The summed E-state index contributed by atoms with van der Waals surface area (Å²) in [4.78, 5) is 0. The molecule has 0 aromatic heterocycles. The molecule has 14 heavy (non-hydrogen) atoms. The third-order valence-electron chi connectivity index (χ3n) is 1.97. The monoisotopic (exact) mass is 201 g/mol. The van der Waals surface area contributed by atoms with E-state index in [2.05, 4.69) is 4.74 Å². The molecular formula is C10H13F2NO. The average molecular weight is 201 g/mol. The van der Waals surface area contributed by atoms with Crippen LogP contribution in [-0.4, -0.2) is 6.61 Å². The SMILES string of the molecule is CCC(N)c1ccccc1OC(F)F. The van der Waals surface area contributed by atoms with Crippen LogP contribution in [0.3, 0.4) is 0 Å². The van der Waals surface area contributed by atoms with Crippen LogP contribution in [0, 0.1) is 0 Å². The number of hydrogen-bond acceptors (Lipinski definition) is 2. The van der Waals surface area contributed by atoms with E-state index in [4.69, 9.17) is 5.73 Å². The molecule has 0 bridgehead atoms. The molecule has 1 rings (SSSR count). The predicted molar refractivity (Wildman–Crippen MR) is 50.3 cm³/mol. The Kier molecular flexibility index (Phi) is 3.83. The highest BCUT2D eigenvalue weighted by atomic mass is 19.3. The first kappa shape index (κ1) is 10.9. The van der Waals surface area contributed by atoms with Crippen LogP contribution >= 0.6 is 0 Å². The molecule has 0 amide bonds. The molecule has 0 aliphatic heterocycles. The third-order valence-corrected chi connectivity index (χ3v) is 1.97. The standard InChI is InChI=1S/C10H13F2NO/c1-2-8(13)7-5-3-4-6-9(7)14-10(11)12/h3-6,8,10H,2,13H2,1H3. The van der Waals surface area contributed by atoms with Gasteiger partial charge in [0.15, 0.2) is 0 Å². The predicted octanol–water partition coefficient (Wildman–Crippen LogP) is 2.70. The number of nitrogens with two attached hydrogens (primary N) is 1. The fourth-order valence-corrected chi connectivity index (χ4v) is 1.21. The largest absolute Gasteiger partial charge is 0.434 e. The molecule has 1 aromatic rings. The van der Waals surface area contributed by atoms with E-state index in [1.165, 1.54) is 6.07 Å². The van der Waals surface area contributed by atoms with Crippen molar-refractivity contribution >= 4 is 0 Å². The minimum Gasteiger partial charge on any atom is -0.434 e. The van der Waals surface area contributed by atoms with Gasteiger partial charge in [-0.2, -0.15) is 8.78 Å². The van der Waals surface area contributed by atoms with E-state index in [1.807, 2.05) is 6.92 Å². The van der Waals surface area contributed by atoms with Crippen LogP contribution in [0.4, 0.5) is 8.78 Å². The highest BCUT2D eigenvalue weighted by Crippen LogP contribution is 2.26. The summed E-state index contributed by atoms with van der Waals surface area (Å²) in [5.41, 5.74) is 6.37. The summed E-state index contributed by atoms with van der Waals surface area (Å²) < 4.78 is 28.4. The Morgan fingerprint density at radius 1 is 1.36 bits per heavy atom. The molecule has 0 spiro atoms. The smallest absolute Gasteiger partial charge is 0.387 e. The molecule has 2 nitrogen and oxygen atoms in total. The van der Waals surface area contributed by atoms with Crippen molar-refractivity contribution in [3.8, 4) is 5.75 Å². The number of alkyl halides is 2. The summed E-state index contributed by atoms with van der Waals surface area (Å²) in [6.45, 7) is -0.913. The summed E-state index contributed by atoms with van der Waals surface area (Å²) in [5, 5.41) is 0. The Balaban J connectivity index is 2.91. The second-order valence-corrected chi connectivity index (χ2v) is 2.93. The summed E-state index contributed by atoms with van der Waals surface area (Å²) in [6, 6.07) is 6.33. The second-order valence-electron chi connectivity index (χ2n) is 2.93. The van der Waals surface area contributed by atoms with Gasteiger partial charge >= 0.3 is 6.61 Å². The molecule has 1 aromatic carbocycles. The number of hydrogen-bond donors (Lipinski definition) is 1. The van der Waals surface area contributed by atoms with Crippen molar-refractivity contribution in [3.63, 3.8) is 0 Å². The maximum Gasteiger partial charge on any atom is 0.387 e. The minimum atomic E-state index is -2.81. The van der Waals surface area contributed by atoms with E-state index >= 15 is 0 Å². The van der Waals surface area contributed by atoms with Crippen molar-refractivity contribution < 1.29 is 13.5 Å². The van der Waals surface area contributed by atoms with Gasteiger partial charge in [0.25, 0.3) is 0 Å². The van der Waals surface area contributed by atoms with Gasteiger partial charge in [-0.15, -0.1) is 0 Å². The van der Waals surface area contributed by atoms with E-state index in [0.29, 0.717) is 12.0 Å². The van der Waals surface area contributed by atoms with Crippen LogP contribution in [0.2, 0.25) is 0 Å². The number of benzene rings is 1. The lowest BCUT2D eigenvalue weighted by Crippen LogP contribution is -2.12. The first-order valence-corrected chi connectivity index (χ1v) is 4.44. The molecule has 0 aliphatic rings. The lowest BCUT2D eigenvalue weighted by Gasteiger charge is -2.14. The normalized spacial score (nSPS) is 12.9. The van der Waals surface area contributed by atoms with Gasteiger partial charge in [-0.1, -0.05) is 25.1 Å². The van der Waals surface area contributed by atoms with Crippen LogP contribution in [-0.2, 0) is 0 Å². The molecule has 0 fully saturated rings. The van der Waals surface area contributed by atoms with Gasteiger partial charge in [-0.05, 0) is 12.5 Å². The molecule has 4 heteroatoms. The maximum atomic E-state index is 12.0. The Morgan fingerprint density at radius 3 is 2.57 bits per heavy atom. The van der Waals surface area contributed by atoms with Gasteiger partial charge in [0.2, 0.25) is 0 Å². The zero-order valence-corrected chi connectivity index (χ0v) is 7.91. The van der Waals surface area contributed by atoms with Crippen LogP contribution in [0.25, 0.3) is 0 Å². The number of para-hydroxylation sites is 1. The number of rotatable bonds is 4. The molecular weight excluding hydrogens is 188 g/mol. The van der Waals surface area contributed by atoms with Gasteiger partial charge in [-0.25, -0.2) is 0 Å². The van der Waals surface area contributed by atoms with Gasteiger partial charge in [0.05, 0.1) is 0 Å². The first-order valence-electron chi connectivity index (χ1n) is 4.44. The summed E-state index contributed by atoms with van der Waals surface area (Å²) in [5.74, 6) is 0.164. The van der Waals surface area contributed by atoms with Crippen molar-refractivity contribution in [2.75, 3.05) is 0 Å². The van der Waals surface area contributed by atoms with Crippen LogP contribution in [0.1, 0.15) is 24.9 Å². The van der Waals surface area contributed by atoms with E-state index in [-0.39, 0.29) is 11.8 Å². The molecule has 1 unspecified atom stereocenters. The molecule has 2 N–H and O–H groups in total. The highest BCUT2D eigenvalue weighted by Gasteiger charge is 2.12. The van der Waals surface area contributed by atoms with E-state index in [1.54, 1.807) is 18.2 Å². The topological polar surface area (TPSA) is 35.2 Å². The molecule has 0 heterocycles. The number of ether oxygens (including phenoxy) is 1. The maximum absolute atomic E-state index is 12.0. The minimum absolute atomic E-state index is 0.164. The third kappa shape index (κ3) is 2.67. The Labute approximate surface area is 81.7 Å². The Hall–Kier alpha value is -1.16. The highest BCUT2D eigenvalue weighted by molar-refractivity contribution is 5.35. The quantitative estimate of drug-likeness (QED) is 0.812. The molecule has 0 saturated carbocycles. The fourth-order valence-electron chi connectivity index (χ4n) is 1.21.